The number of benzene rings is 1. The Hall–Kier alpha value is -0.990. The van der Waals surface area contributed by atoms with E-state index < -0.39 is 10.0 Å². The summed E-state index contributed by atoms with van der Waals surface area (Å²) in [6, 6.07) is 6.11. The van der Waals surface area contributed by atoms with Gasteiger partial charge in [-0.25, -0.2) is 8.42 Å². The van der Waals surface area contributed by atoms with Gasteiger partial charge in [-0.15, -0.1) is 0 Å². The van der Waals surface area contributed by atoms with E-state index in [0.717, 1.165) is 4.31 Å². The lowest BCUT2D eigenvalue weighted by Crippen LogP contribution is -2.35. The number of hydrogen-bond donors (Lipinski definition) is 3. The van der Waals surface area contributed by atoms with Crippen LogP contribution in [0.1, 0.15) is 18.5 Å². The van der Waals surface area contributed by atoms with Gasteiger partial charge in [-0.2, -0.15) is 4.31 Å². The first-order valence-corrected chi connectivity index (χ1v) is 7.45. The maximum Gasteiger partial charge on any atom is 0.243 e. The maximum atomic E-state index is 12.3. The molecule has 108 valence electrons. The second-order valence-corrected chi connectivity index (χ2v) is 6.15. The number of hydrogen-bond acceptors (Lipinski definition) is 5. The van der Waals surface area contributed by atoms with Gasteiger partial charge in [0.1, 0.15) is 0 Å². The van der Waals surface area contributed by atoms with Crippen LogP contribution in [0.5, 0.6) is 0 Å². The van der Waals surface area contributed by atoms with E-state index in [1.807, 2.05) is 0 Å². The zero-order valence-corrected chi connectivity index (χ0v) is 11.7. The van der Waals surface area contributed by atoms with Crippen LogP contribution in [0.2, 0.25) is 0 Å². The van der Waals surface area contributed by atoms with Gasteiger partial charge in [-0.1, -0.05) is 12.1 Å². The summed E-state index contributed by atoms with van der Waals surface area (Å²) in [5.41, 5.74) is 6.45. The predicted molar refractivity (Wildman–Crippen MR) is 72.0 cm³/mol. The first-order chi connectivity index (χ1) is 8.93. The summed E-state index contributed by atoms with van der Waals surface area (Å²) in [4.78, 5) is 0.115. The Labute approximate surface area is 113 Å². The molecule has 1 atom stereocenters. The largest absolute Gasteiger partial charge is 0.395 e. The Bertz CT molecular complexity index is 496. The number of nitrogens with zero attached hydrogens (tertiary/aromatic N) is 1. The molecule has 0 saturated heterocycles. The van der Waals surface area contributed by atoms with E-state index in [-0.39, 0.29) is 37.2 Å². The standard InChI is InChI=1S/C12H20N2O4S/c1-10(13)11-3-2-4-12(9-11)19(17,18)14(5-7-15)6-8-16/h2-4,9-10,15-16H,5-8,13H2,1H3. The van der Waals surface area contributed by atoms with Crippen LogP contribution in [0, 0.1) is 0 Å². The van der Waals surface area contributed by atoms with Crippen LogP contribution in [0.15, 0.2) is 29.2 Å². The molecule has 0 bridgehead atoms. The molecule has 0 aromatic heterocycles. The van der Waals surface area contributed by atoms with Crippen LogP contribution in [0.25, 0.3) is 0 Å². The maximum absolute atomic E-state index is 12.3. The average Bonchev–Trinajstić information content (AvgIpc) is 2.38. The molecule has 6 nitrogen and oxygen atoms in total. The highest BCUT2D eigenvalue weighted by molar-refractivity contribution is 7.89. The fourth-order valence-electron chi connectivity index (χ4n) is 1.68. The van der Waals surface area contributed by atoms with Crippen LogP contribution >= 0.6 is 0 Å². The number of sulfonamides is 1. The van der Waals surface area contributed by atoms with Gasteiger partial charge in [0.2, 0.25) is 10.0 Å². The average molecular weight is 288 g/mol. The molecule has 19 heavy (non-hydrogen) atoms. The monoisotopic (exact) mass is 288 g/mol. The Morgan fingerprint density at radius 3 is 2.32 bits per heavy atom. The van der Waals surface area contributed by atoms with E-state index in [9.17, 15) is 8.42 Å². The van der Waals surface area contributed by atoms with Crippen molar-refractivity contribution in [2.45, 2.75) is 17.9 Å². The second kappa shape index (κ2) is 6.97. The Morgan fingerprint density at radius 2 is 1.84 bits per heavy atom. The smallest absolute Gasteiger partial charge is 0.243 e. The predicted octanol–water partition coefficient (Wildman–Crippen LogP) is -0.318. The van der Waals surface area contributed by atoms with Crippen molar-refractivity contribution in [3.8, 4) is 0 Å². The van der Waals surface area contributed by atoms with Crippen molar-refractivity contribution in [1.82, 2.24) is 4.31 Å². The number of aliphatic hydroxyl groups is 2. The van der Waals surface area contributed by atoms with Crippen molar-refractivity contribution in [3.05, 3.63) is 29.8 Å². The quantitative estimate of drug-likeness (QED) is 0.638. The molecule has 0 amide bonds. The van der Waals surface area contributed by atoms with Gasteiger partial charge >= 0.3 is 0 Å². The SMILES string of the molecule is CC(N)c1cccc(S(=O)(=O)N(CCO)CCO)c1. The van der Waals surface area contributed by atoms with Gasteiger partial charge in [0, 0.05) is 19.1 Å². The molecular weight excluding hydrogens is 268 g/mol. The first kappa shape index (κ1) is 16.1. The highest BCUT2D eigenvalue weighted by Crippen LogP contribution is 2.19. The molecule has 0 aliphatic rings. The van der Waals surface area contributed by atoms with Gasteiger partial charge in [0.25, 0.3) is 0 Å². The van der Waals surface area contributed by atoms with E-state index in [2.05, 4.69) is 0 Å². The number of aliphatic hydroxyl groups excluding tert-OH is 2. The topological polar surface area (TPSA) is 104 Å². The second-order valence-electron chi connectivity index (χ2n) is 4.21. The molecule has 0 aliphatic heterocycles. The Kier molecular flexibility index (Phi) is 5.89. The molecule has 0 radical (unpaired) electrons. The van der Waals surface area contributed by atoms with E-state index in [0.29, 0.717) is 5.56 Å². The minimum atomic E-state index is -3.72. The molecule has 0 saturated carbocycles. The third-order valence-electron chi connectivity index (χ3n) is 2.72. The van der Waals surface area contributed by atoms with Gasteiger partial charge in [0.05, 0.1) is 18.1 Å². The van der Waals surface area contributed by atoms with Gasteiger partial charge in [-0.3, -0.25) is 0 Å². The van der Waals surface area contributed by atoms with E-state index in [1.54, 1.807) is 19.1 Å². The van der Waals surface area contributed by atoms with Crippen molar-refractivity contribution in [2.24, 2.45) is 5.73 Å². The lowest BCUT2D eigenvalue weighted by Gasteiger charge is -2.20. The van der Waals surface area contributed by atoms with Crippen molar-refractivity contribution in [2.75, 3.05) is 26.3 Å². The molecular formula is C12H20N2O4S. The van der Waals surface area contributed by atoms with Crippen molar-refractivity contribution < 1.29 is 18.6 Å². The van der Waals surface area contributed by atoms with E-state index in [4.69, 9.17) is 15.9 Å². The van der Waals surface area contributed by atoms with E-state index >= 15 is 0 Å². The lowest BCUT2D eigenvalue weighted by molar-refractivity contribution is 0.217. The molecule has 1 rings (SSSR count). The molecule has 1 aromatic rings. The van der Waals surface area contributed by atoms with Crippen LogP contribution < -0.4 is 5.73 Å². The fourth-order valence-corrected chi connectivity index (χ4v) is 3.16. The molecule has 0 spiro atoms. The zero-order valence-electron chi connectivity index (χ0n) is 10.9. The van der Waals surface area contributed by atoms with Crippen LogP contribution in [-0.4, -0.2) is 49.2 Å². The third-order valence-corrected chi connectivity index (χ3v) is 4.62. The number of rotatable bonds is 7. The summed E-state index contributed by atoms with van der Waals surface area (Å²) in [6.45, 7) is 1.07. The van der Waals surface area contributed by atoms with Crippen LogP contribution in [0.3, 0.4) is 0 Å². The van der Waals surface area contributed by atoms with Crippen molar-refractivity contribution >= 4 is 10.0 Å². The summed E-state index contributed by atoms with van der Waals surface area (Å²) in [5.74, 6) is 0. The normalized spacial score (nSPS) is 13.7. The molecule has 4 N–H and O–H groups in total. The van der Waals surface area contributed by atoms with Crippen LogP contribution in [0.4, 0.5) is 0 Å². The highest BCUT2D eigenvalue weighted by Gasteiger charge is 2.23. The molecule has 1 aromatic carbocycles. The highest BCUT2D eigenvalue weighted by atomic mass is 32.2. The minimum Gasteiger partial charge on any atom is -0.395 e. The molecule has 0 heterocycles. The van der Waals surface area contributed by atoms with Crippen LogP contribution in [-0.2, 0) is 10.0 Å². The zero-order chi connectivity index (χ0) is 14.5. The summed E-state index contributed by atoms with van der Waals surface area (Å²) in [5, 5.41) is 17.8. The summed E-state index contributed by atoms with van der Waals surface area (Å²) in [7, 11) is -3.72. The molecule has 1 unspecified atom stereocenters. The summed E-state index contributed by atoms with van der Waals surface area (Å²) in [6.07, 6.45) is 0. The van der Waals surface area contributed by atoms with Crippen molar-refractivity contribution in [1.29, 1.82) is 0 Å². The first-order valence-electron chi connectivity index (χ1n) is 6.01. The fraction of sp³-hybridized carbons (Fsp3) is 0.500. The van der Waals surface area contributed by atoms with Gasteiger partial charge in [0.15, 0.2) is 0 Å². The van der Waals surface area contributed by atoms with E-state index in [1.165, 1.54) is 12.1 Å². The lowest BCUT2D eigenvalue weighted by atomic mass is 10.1. The summed E-state index contributed by atoms with van der Waals surface area (Å²) < 4.78 is 25.7. The third kappa shape index (κ3) is 3.99. The molecule has 0 fully saturated rings. The van der Waals surface area contributed by atoms with Crippen molar-refractivity contribution in [3.63, 3.8) is 0 Å². The number of nitrogens with two attached hydrogens (primary N) is 1. The summed E-state index contributed by atoms with van der Waals surface area (Å²) >= 11 is 0. The minimum absolute atomic E-state index is 0.0503. The van der Waals surface area contributed by atoms with Gasteiger partial charge in [-0.05, 0) is 24.6 Å². The molecule has 0 aliphatic carbocycles. The Balaban J connectivity index is 3.13. The van der Waals surface area contributed by atoms with Gasteiger partial charge < -0.3 is 15.9 Å². The Morgan fingerprint density at radius 1 is 1.26 bits per heavy atom. The molecule has 7 heteroatoms.